The second kappa shape index (κ2) is 10.7. The number of hydrogen-bond donors (Lipinski definition) is 0. The first kappa shape index (κ1) is 26.2. The highest BCUT2D eigenvalue weighted by atomic mass is 15.4. The maximum Gasteiger partial charge on any atom is 0.182 e. The first-order valence-electron chi connectivity index (χ1n) is 15.5. The molecule has 9 aromatic rings. The number of aromatic nitrogens is 4. The Morgan fingerprint density at radius 1 is 0.391 bits per heavy atom. The lowest BCUT2D eigenvalue weighted by molar-refractivity contribution is 0.889. The van der Waals surface area contributed by atoms with Gasteiger partial charge in [0.05, 0.1) is 16.7 Å². The highest BCUT2D eigenvalue weighted by molar-refractivity contribution is 6.09. The molecule has 216 valence electrons. The van der Waals surface area contributed by atoms with Crippen molar-refractivity contribution in [1.29, 1.82) is 0 Å². The van der Waals surface area contributed by atoms with Gasteiger partial charge in [0.1, 0.15) is 0 Å². The third-order valence-corrected chi connectivity index (χ3v) is 8.82. The molecule has 9 rings (SSSR count). The molecular weight excluding hydrogens is 560 g/mol. The number of rotatable bonds is 5. The Hall–Kier alpha value is -6.26. The van der Waals surface area contributed by atoms with Gasteiger partial charge in [-0.25, -0.2) is 9.67 Å². The van der Waals surface area contributed by atoms with Crippen molar-refractivity contribution in [2.24, 2.45) is 0 Å². The smallest absolute Gasteiger partial charge is 0.182 e. The second-order valence-electron chi connectivity index (χ2n) is 11.5. The van der Waals surface area contributed by atoms with E-state index >= 15 is 0 Å². The topological polar surface area (TPSA) is 35.6 Å². The van der Waals surface area contributed by atoms with E-state index in [1.165, 1.54) is 43.7 Å². The van der Waals surface area contributed by atoms with Gasteiger partial charge in [0.15, 0.2) is 11.6 Å². The summed E-state index contributed by atoms with van der Waals surface area (Å²) in [6.07, 6.45) is 0. The van der Waals surface area contributed by atoms with Crippen LogP contribution in [-0.2, 0) is 0 Å². The van der Waals surface area contributed by atoms with Gasteiger partial charge in [-0.05, 0) is 58.3 Å². The van der Waals surface area contributed by atoms with Crippen LogP contribution < -0.4 is 0 Å². The first-order chi connectivity index (χ1) is 22.8. The van der Waals surface area contributed by atoms with Gasteiger partial charge in [-0.1, -0.05) is 133 Å². The minimum absolute atomic E-state index is 0.695. The molecule has 4 nitrogen and oxygen atoms in total. The Kier molecular flexibility index (Phi) is 6.10. The summed E-state index contributed by atoms with van der Waals surface area (Å²) in [6.45, 7) is 0. The minimum atomic E-state index is 0.695. The van der Waals surface area contributed by atoms with Gasteiger partial charge in [-0.15, -0.1) is 5.10 Å². The Morgan fingerprint density at radius 3 is 1.67 bits per heavy atom. The maximum atomic E-state index is 5.08. The monoisotopic (exact) mass is 588 g/mol. The SMILES string of the molecule is c1ccc(-c2nc(-c3ccc(-c4cccc5ccccc45)cc3)n(-c3ccc(-n4c5ccccc5c5ccccc54)cc3)n2)cc1. The van der Waals surface area contributed by atoms with Crippen molar-refractivity contribution in [2.45, 2.75) is 0 Å². The minimum Gasteiger partial charge on any atom is -0.309 e. The van der Waals surface area contributed by atoms with Crippen molar-refractivity contribution in [2.75, 3.05) is 0 Å². The van der Waals surface area contributed by atoms with Gasteiger partial charge < -0.3 is 4.57 Å². The van der Waals surface area contributed by atoms with Gasteiger partial charge in [-0.2, -0.15) is 0 Å². The van der Waals surface area contributed by atoms with Crippen molar-refractivity contribution >= 4 is 32.6 Å². The summed E-state index contributed by atoms with van der Waals surface area (Å²) in [5.41, 5.74) is 8.81. The highest BCUT2D eigenvalue weighted by Gasteiger charge is 2.17. The van der Waals surface area contributed by atoms with Crippen LogP contribution in [0.15, 0.2) is 170 Å². The first-order valence-corrected chi connectivity index (χ1v) is 15.5. The number of nitrogens with zero attached hydrogens (tertiary/aromatic N) is 4. The van der Waals surface area contributed by atoms with Gasteiger partial charge in [0.2, 0.25) is 0 Å². The average Bonchev–Trinajstić information content (AvgIpc) is 3.73. The molecule has 4 heteroatoms. The Bertz CT molecular complexity index is 2450. The van der Waals surface area contributed by atoms with E-state index in [0.29, 0.717) is 5.82 Å². The summed E-state index contributed by atoms with van der Waals surface area (Å²) >= 11 is 0. The normalized spacial score (nSPS) is 11.5. The molecule has 2 heterocycles. The third kappa shape index (κ3) is 4.31. The molecule has 0 N–H and O–H groups in total. The largest absolute Gasteiger partial charge is 0.309 e. The molecule has 0 atom stereocenters. The van der Waals surface area contributed by atoms with E-state index in [4.69, 9.17) is 10.1 Å². The summed E-state index contributed by atoms with van der Waals surface area (Å²) < 4.78 is 4.29. The lowest BCUT2D eigenvalue weighted by atomic mass is 9.97. The molecule has 7 aromatic carbocycles. The molecule has 0 aliphatic rings. The standard InChI is InChI=1S/C42H28N4/c1-2-12-31(13-3-1)41-43-42(32-23-21-30(22-24-32)36-18-10-14-29-11-4-5-15-35(29)36)46(44-41)34-27-25-33(26-28-34)45-39-19-8-6-16-37(39)38-17-7-9-20-40(38)45/h1-28H. The summed E-state index contributed by atoms with van der Waals surface area (Å²) in [5.74, 6) is 1.49. The van der Waals surface area contributed by atoms with E-state index in [9.17, 15) is 0 Å². The molecule has 0 radical (unpaired) electrons. The quantitative estimate of drug-likeness (QED) is 0.200. The second-order valence-corrected chi connectivity index (χ2v) is 11.5. The lowest BCUT2D eigenvalue weighted by Gasteiger charge is -2.11. The van der Waals surface area contributed by atoms with Crippen molar-refractivity contribution in [3.63, 3.8) is 0 Å². The van der Waals surface area contributed by atoms with Crippen molar-refractivity contribution in [1.82, 2.24) is 19.3 Å². The van der Waals surface area contributed by atoms with Crippen LogP contribution in [0.5, 0.6) is 0 Å². The van der Waals surface area contributed by atoms with Crippen molar-refractivity contribution < 1.29 is 0 Å². The maximum absolute atomic E-state index is 5.08. The lowest BCUT2D eigenvalue weighted by Crippen LogP contribution is -2.01. The zero-order chi connectivity index (χ0) is 30.5. The van der Waals surface area contributed by atoms with Crippen LogP contribution in [0.1, 0.15) is 0 Å². The van der Waals surface area contributed by atoms with E-state index in [-0.39, 0.29) is 0 Å². The van der Waals surface area contributed by atoms with Crippen LogP contribution >= 0.6 is 0 Å². The Labute approximate surface area is 266 Å². The van der Waals surface area contributed by atoms with E-state index in [1.807, 2.05) is 22.9 Å². The fraction of sp³-hybridized carbons (Fsp3) is 0. The molecule has 2 aromatic heterocycles. The zero-order valence-corrected chi connectivity index (χ0v) is 25.0. The molecule has 0 amide bonds. The fourth-order valence-electron chi connectivity index (χ4n) is 6.61. The van der Waals surface area contributed by atoms with E-state index in [1.54, 1.807) is 0 Å². The molecule has 0 fully saturated rings. The Morgan fingerprint density at radius 2 is 0.957 bits per heavy atom. The predicted octanol–water partition coefficient (Wildman–Crippen LogP) is 10.5. The summed E-state index contributed by atoms with van der Waals surface area (Å²) in [6, 6.07) is 59.6. The Balaban J connectivity index is 1.15. The molecular formula is C42H28N4. The van der Waals surface area contributed by atoms with Crippen molar-refractivity contribution in [3.05, 3.63) is 170 Å². The molecule has 46 heavy (non-hydrogen) atoms. The van der Waals surface area contributed by atoms with Crippen LogP contribution in [-0.4, -0.2) is 19.3 Å². The van der Waals surface area contributed by atoms with Gasteiger partial charge in [0.25, 0.3) is 0 Å². The van der Waals surface area contributed by atoms with E-state index in [2.05, 4.69) is 156 Å². The fourth-order valence-corrected chi connectivity index (χ4v) is 6.61. The summed E-state index contributed by atoms with van der Waals surface area (Å²) in [5, 5.41) is 10.0. The van der Waals surface area contributed by atoms with Crippen LogP contribution in [0.4, 0.5) is 0 Å². The van der Waals surface area contributed by atoms with Crippen LogP contribution in [0.3, 0.4) is 0 Å². The van der Waals surface area contributed by atoms with Gasteiger partial charge >= 0.3 is 0 Å². The summed E-state index contributed by atoms with van der Waals surface area (Å²) in [7, 11) is 0. The summed E-state index contributed by atoms with van der Waals surface area (Å²) in [4.78, 5) is 5.08. The molecule has 0 bridgehead atoms. The van der Waals surface area contributed by atoms with Crippen molar-refractivity contribution in [3.8, 4) is 45.3 Å². The molecule has 0 spiro atoms. The van der Waals surface area contributed by atoms with Crippen LogP contribution in [0.25, 0.3) is 77.9 Å². The zero-order valence-electron chi connectivity index (χ0n) is 25.0. The number of para-hydroxylation sites is 2. The molecule has 0 saturated carbocycles. The van der Waals surface area contributed by atoms with Crippen LogP contribution in [0, 0.1) is 0 Å². The number of hydrogen-bond acceptors (Lipinski definition) is 2. The molecule has 0 saturated heterocycles. The molecule has 0 unspecified atom stereocenters. The third-order valence-electron chi connectivity index (χ3n) is 8.82. The number of fused-ring (bicyclic) bond motifs is 4. The highest BCUT2D eigenvalue weighted by Crippen LogP contribution is 2.34. The predicted molar refractivity (Wildman–Crippen MR) is 190 cm³/mol. The van der Waals surface area contributed by atoms with E-state index in [0.717, 1.165) is 28.3 Å². The van der Waals surface area contributed by atoms with Crippen LogP contribution in [0.2, 0.25) is 0 Å². The van der Waals surface area contributed by atoms with E-state index < -0.39 is 0 Å². The molecule has 0 aliphatic heterocycles. The average molecular weight is 589 g/mol. The van der Waals surface area contributed by atoms with Gasteiger partial charge in [0, 0.05) is 27.6 Å². The molecule has 0 aliphatic carbocycles. The van der Waals surface area contributed by atoms with Gasteiger partial charge in [-0.3, -0.25) is 0 Å². The number of benzene rings is 7.